The van der Waals surface area contributed by atoms with Crippen LogP contribution in [0.3, 0.4) is 0 Å². The van der Waals surface area contributed by atoms with Crippen LogP contribution in [0.25, 0.3) is 0 Å². The molecule has 4 heteroatoms. The molecule has 0 spiro atoms. The minimum Gasteiger partial charge on any atom is -0.310 e. The van der Waals surface area contributed by atoms with E-state index < -0.39 is 0 Å². The lowest BCUT2D eigenvalue weighted by Gasteiger charge is -2.02. The standard InChI is InChI=1S/C8H11IN2O/c1-5(2)3-7-10-4-6(9)8(12)11-7/h4-5H,3H2,1-2H3,(H,10,11,12). The fourth-order valence-corrected chi connectivity index (χ4v) is 1.18. The van der Waals surface area contributed by atoms with E-state index in [-0.39, 0.29) is 5.56 Å². The maximum absolute atomic E-state index is 11.1. The highest BCUT2D eigenvalue weighted by Crippen LogP contribution is 2.01. The molecular weight excluding hydrogens is 267 g/mol. The number of aromatic nitrogens is 2. The van der Waals surface area contributed by atoms with Gasteiger partial charge in [-0.15, -0.1) is 0 Å². The first kappa shape index (κ1) is 9.70. The molecule has 0 aliphatic rings. The summed E-state index contributed by atoms with van der Waals surface area (Å²) in [6, 6.07) is 0. The van der Waals surface area contributed by atoms with Crippen LogP contribution in [0, 0.1) is 9.49 Å². The summed E-state index contributed by atoms with van der Waals surface area (Å²) >= 11 is 1.97. The van der Waals surface area contributed by atoms with Crippen molar-refractivity contribution in [3.63, 3.8) is 0 Å². The molecule has 1 N–H and O–H groups in total. The van der Waals surface area contributed by atoms with Gasteiger partial charge in [0.15, 0.2) is 0 Å². The quantitative estimate of drug-likeness (QED) is 0.835. The number of hydrogen-bond donors (Lipinski definition) is 1. The molecule has 12 heavy (non-hydrogen) atoms. The normalized spacial score (nSPS) is 10.7. The summed E-state index contributed by atoms with van der Waals surface area (Å²) in [6.45, 7) is 4.19. The van der Waals surface area contributed by atoms with Crippen LogP contribution in [-0.4, -0.2) is 9.97 Å². The van der Waals surface area contributed by atoms with Gasteiger partial charge in [0, 0.05) is 12.6 Å². The van der Waals surface area contributed by atoms with E-state index in [4.69, 9.17) is 0 Å². The smallest absolute Gasteiger partial charge is 0.264 e. The average Bonchev–Trinajstić information content (AvgIpc) is 1.96. The van der Waals surface area contributed by atoms with Gasteiger partial charge in [-0.25, -0.2) is 4.98 Å². The van der Waals surface area contributed by atoms with Gasteiger partial charge < -0.3 is 4.98 Å². The van der Waals surface area contributed by atoms with Gasteiger partial charge in [0.25, 0.3) is 5.56 Å². The SMILES string of the molecule is CC(C)Cc1ncc(I)c(=O)[nH]1. The van der Waals surface area contributed by atoms with Gasteiger partial charge in [-0.2, -0.15) is 0 Å². The van der Waals surface area contributed by atoms with Gasteiger partial charge in [-0.1, -0.05) is 13.8 Å². The average molecular weight is 278 g/mol. The van der Waals surface area contributed by atoms with Crippen molar-refractivity contribution in [1.29, 1.82) is 0 Å². The van der Waals surface area contributed by atoms with Gasteiger partial charge in [0.05, 0.1) is 3.57 Å². The Morgan fingerprint density at radius 1 is 1.67 bits per heavy atom. The number of nitrogens with zero attached hydrogens (tertiary/aromatic N) is 1. The van der Waals surface area contributed by atoms with Gasteiger partial charge in [-0.05, 0) is 28.5 Å². The van der Waals surface area contributed by atoms with Crippen molar-refractivity contribution < 1.29 is 0 Å². The molecule has 0 aromatic carbocycles. The van der Waals surface area contributed by atoms with Gasteiger partial charge >= 0.3 is 0 Å². The zero-order valence-corrected chi connectivity index (χ0v) is 9.25. The Labute approximate surface area is 84.8 Å². The van der Waals surface area contributed by atoms with Crippen molar-refractivity contribution >= 4 is 22.6 Å². The molecule has 1 aromatic heterocycles. The maximum atomic E-state index is 11.1. The van der Waals surface area contributed by atoms with Crippen molar-refractivity contribution in [2.24, 2.45) is 5.92 Å². The minimum absolute atomic E-state index is 0.0405. The molecule has 0 bridgehead atoms. The second-order valence-electron chi connectivity index (χ2n) is 3.10. The van der Waals surface area contributed by atoms with E-state index in [0.717, 1.165) is 12.2 Å². The van der Waals surface area contributed by atoms with Crippen molar-refractivity contribution in [2.75, 3.05) is 0 Å². The summed E-state index contributed by atoms with van der Waals surface area (Å²) in [5.41, 5.74) is -0.0405. The summed E-state index contributed by atoms with van der Waals surface area (Å²) in [7, 11) is 0. The Hall–Kier alpha value is -0.390. The zero-order valence-electron chi connectivity index (χ0n) is 7.10. The summed E-state index contributed by atoms with van der Waals surface area (Å²) < 4.78 is 0.639. The van der Waals surface area contributed by atoms with Crippen LogP contribution < -0.4 is 5.56 Å². The second-order valence-corrected chi connectivity index (χ2v) is 4.27. The molecule has 66 valence electrons. The summed E-state index contributed by atoms with van der Waals surface area (Å²) in [6.07, 6.45) is 2.43. The molecular formula is C8H11IN2O. The number of hydrogen-bond acceptors (Lipinski definition) is 2. The summed E-state index contributed by atoms with van der Waals surface area (Å²) in [4.78, 5) is 18.0. The van der Waals surface area contributed by atoms with Crippen LogP contribution in [0.1, 0.15) is 19.7 Å². The van der Waals surface area contributed by atoms with Crippen LogP contribution in [0.4, 0.5) is 0 Å². The molecule has 1 aromatic rings. The first-order valence-corrected chi connectivity index (χ1v) is 4.91. The number of aromatic amines is 1. The zero-order chi connectivity index (χ0) is 9.14. The van der Waals surface area contributed by atoms with Crippen LogP contribution in [0.5, 0.6) is 0 Å². The molecule has 0 aliphatic carbocycles. The minimum atomic E-state index is -0.0405. The Morgan fingerprint density at radius 3 is 2.83 bits per heavy atom. The van der Waals surface area contributed by atoms with Crippen LogP contribution >= 0.6 is 22.6 Å². The van der Waals surface area contributed by atoms with Crippen LogP contribution in [-0.2, 0) is 6.42 Å². The lowest BCUT2D eigenvalue weighted by atomic mass is 10.1. The van der Waals surface area contributed by atoms with E-state index >= 15 is 0 Å². The molecule has 0 fully saturated rings. The van der Waals surface area contributed by atoms with E-state index in [1.807, 2.05) is 22.6 Å². The summed E-state index contributed by atoms with van der Waals surface area (Å²) in [5.74, 6) is 1.30. The first-order valence-electron chi connectivity index (χ1n) is 3.83. The van der Waals surface area contributed by atoms with Gasteiger partial charge in [0.2, 0.25) is 0 Å². The second kappa shape index (κ2) is 4.02. The number of nitrogens with one attached hydrogen (secondary N) is 1. The highest BCUT2D eigenvalue weighted by molar-refractivity contribution is 14.1. The van der Waals surface area contributed by atoms with Crippen molar-refractivity contribution in [2.45, 2.75) is 20.3 Å². The topological polar surface area (TPSA) is 45.8 Å². The van der Waals surface area contributed by atoms with E-state index in [1.54, 1.807) is 6.20 Å². The Kier molecular flexibility index (Phi) is 3.25. The lowest BCUT2D eigenvalue weighted by Crippen LogP contribution is -2.14. The van der Waals surface area contributed by atoms with Crippen molar-refractivity contribution in [1.82, 2.24) is 9.97 Å². The molecule has 0 amide bonds. The maximum Gasteiger partial charge on any atom is 0.264 e. The fraction of sp³-hybridized carbons (Fsp3) is 0.500. The Morgan fingerprint density at radius 2 is 2.33 bits per heavy atom. The van der Waals surface area contributed by atoms with Gasteiger partial charge in [-0.3, -0.25) is 4.79 Å². The third-order valence-corrected chi connectivity index (χ3v) is 2.18. The van der Waals surface area contributed by atoms with E-state index in [0.29, 0.717) is 9.49 Å². The van der Waals surface area contributed by atoms with Crippen LogP contribution in [0.15, 0.2) is 11.0 Å². The third-order valence-electron chi connectivity index (χ3n) is 1.41. The Bertz CT molecular complexity index is 319. The van der Waals surface area contributed by atoms with E-state index in [9.17, 15) is 4.79 Å². The Balaban J connectivity index is 2.90. The molecule has 1 rings (SSSR count). The third kappa shape index (κ3) is 2.58. The molecule has 0 saturated heterocycles. The van der Waals surface area contributed by atoms with Gasteiger partial charge in [0.1, 0.15) is 5.82 Å². The highest BCUT2D eigenvalue weighted by atomic mass is 127. The molecule has 0 aliphatic heterocycles. The number of rotatable bonds is 2. The number of halogens is 1. The molecule has 0 radical (unpaired) electrons. The molecule has 3 nitrogen and oxygen atoms in total. The predicted molar refractivity (Wildman–Crippen MR) is 56.1 cm³/mol. The summed E-state index contributed by atoms with van der Waals surface area (Å²) in [5, 5.41) is 0. The van der Waals surface area contributed by atoms with Crippen molar-refractivity contribution in [3.8, 4) is 0 Å². The molecule has 0 saturated carbocycles. The molecule has 0 unspecified atom stereocenters. The van der Waals surface area contributed by atoms with E-state index in [2.05, 4.69) is 23.8 Å². The molecule has 1 heterocycles. The fourth-order valence-electron chi connectivity index (χ4n) is 0.907. The van der Waals surface area contributed by atoms with E-state index in [1.165, 1.54) is 0 Å². The monoisotopic (exact) mass is 278 g/mol. The van der Waals surface area contributed by atoms with Crippen LogP contribution in [0.2, 0.25) is 0 Å². The number of H-pyrrole nitrogens is 1. The predicted octanol–water partition coefficient (Wildman–Crippen LogP) is 1.57. The largest absolute Gasteiger partial charge is 0.310 e. The lowest BCUT2D eigenvalue weighted by molar-refractivity contribution is 0.618. The molecule has 0 atom stereocenters. The van der Waals surface area contributed by atoms with Crippen molar-refractivity contribution in [3.05, 3.63) is 25.9 Å². The highest BCUT2D eigenvalue weighted by Gasteiger charge is 2.01. The first-order chi connectivity index (χ1) is 5.59.